The van der Waals surface area contributed by atoms with Gasteiger partial charge in [0.25, 0.3) is 0 Å². The van der Waals surface area contributed by atoms with Gasteiger partial charge in [0.1, 0.15) is 0 Å². The molecule has 0 amide bonds. The molecule has 0 aliphatic heterocycles. The molecule has 2 aliphatic carbocycles. The Kier molecular flexibility index (Phi) is 11.2. The minimum absolute atomic E-state index is 0. The van der Waals surface area contributed by atoms with E-state index >= 15 is 0 Å². The van der Waals surface area contributed by atoms with Crippen molar-refractivity contribution in [1.82, 2.24) is 0 Å². The van der Waals surface area contributed by atoms with E-state index in [4.69, 9.17) is 0 Å². The molecular weight excluding hydrogens is 655 g/mol. The minimum Gasteiger partial charge on any atom is -1.00 e. The number of aryl methyl sites for hydroxylation is 1. The fraction of sp³-hybridized carbons (Fsp3) is 0.439. The molecule has 234 valence electrons. The smallest absolute Gasteiger partial charge is 1.00 e. The molecule has 0 radical (unpaired) electrons. The van der Waals surface area contributed by atoms with Crippen LogP contribution in [0.2, 0.25) is 0 Å². The molecule has 1 atom stereocenters. The van der Waals surface area contributed by atoms with Crippen LogP contribution in [0, 0.1) is 18.3 Å². The molecule has 0 nitrogen and oxygen atoms in total. The summed E-state index contributed by atoms with van der Waals surface area (Å²) in [6.45, 7) is 28.5. The van der Waals surface area contributed by atoms with Crippen LogP contribution in [-0.2, 0) is 32.1 Å². The average molecular weight is 707 g/mol. The molecule has 0 fully saturated rings. The molecule has 3 aromatic carbocycles. The van der Waals surface area contributed by atoms with Gasteiger partial charge < -0.3 is 24.8 Å². The Morgan fingerprint density at radius 3 is 1.57 bits per heavy atom. The fourth-order valence-electron chi connectivity index (χ4n) is 7.06. The topological polar surface area (TPSA) is 0 Å². The van der Waals surface area contributed by atoms with Crippen molar-refractivity contribution in [2.24, 2.45) is 11.3 Å². The second kappa shape index (κ2) is 13.3. The number of halogens is 2. The third-order valence-corrected chi connectivity index (χ3v) is 17.5. The third-order valence-electron chi connectivity index (χ3n) is 9.45. The first-order valence-corrected chi connectivity index (χ1v) is 20.1. The first-order valence-electron chi connectivity index (χ1n) is 16.0. The summed E-state index contributed by atoms with van der Waals surface area (Å²) < 4.78 is 5.09. The Labute approximate surface area is 288 Å². The van der Waals surface area contributed by atoms with Crippen molar-refractivity contribution in [1.29, 1.82) is 0 Å². The molecule has 5 rings (SSSR count). The summed E-state index contributed by atoms with van der Waals surface area (Å²) in [7, 11) is 0. The van der Waals surface area contributed by atoms with Crippen molar-refractivity contribution in [2.75, 3.05) is 0 Å². The zero-order valence-electron chi connectivity index (χ0n) is 29.0. The first-order chi connectivity index (χ1) is 19.5. The summed E-state index contributed by atoms with van der Waals surface area (Å²) in [4.78, 5) is 0. The molecule has 0 aromatic heterocycles. The van der Waals surface area contributed by atoms with E-state index < -0.39 is 21.3 Å². The van der Waals surface area contributed by atoms with Gasteiger partial charge in [0.15, 0.2) is 0 Å². The maximum Gasteiger partial charge on any atom is -1.00 e. The molecule has 2 aliphatic rings. The van der Waals surface area contributed by atoms with E-state index in [1.165, 1.54) is 33.4 Å². The van der Waals surface area contributed by atoms with Crippen molar-refractivity contribution in [3.63, 3.8) is 0 Å². The summed E-state index contributed by atoms with van der Waals surface area (Å²) in [5, 5.41) is 0. The molecule has 0 saturated carbocycles. The SMILES string of the molecule is CCC1=[C](/[Zr+2](=[CH]\c2ccc(C)cc2)[CH]2c3cc(C(C)(C)C)ccc3-c3ccc(C(C)(C)C)cc32)C(C)C=C1C(C)(C)C.[Cl-].[Cl-]. The molecule has 44 heavy (non-hydrogen) atoms. The monoisotopic (exact) mass is 704 g/mol. The van der Waals surface area contributed by atoms with Crippen LogP contribution in [0.1, 0.15) is 120 Å². The second-order valence-corrected chi connectivity index (χ2v) is 21.6. The van der Waals surface area contributed by atoms with E-state index in [2.05, 4.69) is 154 Å². The Hall–Kier alpha value is -1.53. The number of hydrogen-bond donors (Lipinski definition) is 0. The van der Waals surface area contributed by atoms with Crippen LogP contribution in [0.15, 0.2) is 81.2 Å². The van der Waals surface area contributed by atoms with Gasteiger partial charge in [-0.15, -0.1) is 0 Å². The number of fused-ring (bicyclic) bond motifs is 3. The van der Waals surface area contributed by atoms with Crippen molar-refractivity contribution in [2.45, 2.75) is 104 Å². The van der Waals surface area contributed by atoms with Crippen molar-refractivity contribution in [3.8, 4) is 11.1 Å². The van der Waals surface area contributed by atoms with Gasteiger partial charge in [0.2, 0.25) is 0 Å². The van der Waals surface area contributed by atoms with Crippen LogP contribution in [0.3, 0.4) is 0 Å². The van der Waals surface area contributed by atoms with Crippen molar-refractivity contribution >= 4 is 3.71 Å². The number of allylic oxidation sites excluding steroid dienone is 4. The molecule has 0 bridgehead atoms. The van der Waals surface area contributed by atoms with Crippen molar-refractivity contribution in [3.05, 3.63) is 115 Å². The van der Waals surface area contributed by atoms with Crippen LogP contribution in [-0.4, -0.2) is 3.71 Å². The van der Waals surface area contributed by atoms with Gasteiger partial charge in [-0.05, 0) is 0 Å². The van der Waals surface area contributed by atoms with Crippen LogP contribution >= 0.6 is 0 Å². The standard InChI is InChI=1S/C21H25.C12H19.C8H8.2ClH.Zr/c1-20(2,3)16-7-9-18-14(12-16)11-15-13-17(21(4,5)6)8-10-19(15)18;1-6-10-7-9(2)8-11(10)12(3,4)5;1-7-3-5-8(2)6-4-7;;;/h7-13H,1-6H3;8-9H,6H2,1-5H3;1,3-6H,2H3;2*1H;/q;;;;;+2/p-2. The van der Waals surface area contributed by atoms with E-state index in [0.29, 0.717) is 9.54 Å². The molecule has 3 aromatic rings. The molecule has 0 spiro atoms. The van der Waals surface area contributed by atoms with Crippen LogP contribution in [0.25, 0.3) is 11.1 Å². The summed E-state index contributed by atoms with van der Waals surface area (Å²) in [5.74, 6) is 0.495. The molecule has 3 heteroatoms. The van der Waals surface area contributed by atoms with E-state index in [9.17, 15) is 0 Å². The Morgan fingerprint density at radius 1 is 0.682 bits per heavy atom. The second-order valence-electron chi connectivity index (χ2n) is 15.9. The third kappa shape index (κ3) is 7.07. The fourth-order valence-corrected chi connectivity index (χ4v) is 15.9. The number of rotatable bonds is 4. The van der Waals surface area contributed by atoms with Gasteiger partial charge in [-0.3, -0.25) is 0 Å². The van der Waals surface area contributed by atoms with E-state index in [1.807, 2.05) is 3.28 Å². The van der Waals surface area contributed by atoms with Gasteiger partial charge in [-0.25, -0.2) is 0 Å². The zero-order valence-corrected chi connectivity index (χ0v) is 33.0. The number of benzene rings is 3. The summed E-state index contributed by atoms with van der Waals surface area (Å²) in [6.07, 6.45) is 3.75. The maximum atomic E-state index is 2.81. The Morgan fingerprint density at radius 2 is 1.16 bits per heavy atom. The normalized spacial score (nSPS) is 16.7. The first kappa shape index (κ1) is 36.9. The van der Waals surface area contributed by atoms with Gasteiger partial charge in [0, 0.05) is 0 Å². The van der Waals surface area contributed by atoms with Crippen molar-refractivity contribution < 1.29 is 46.1 Å². The van der Waals surface area contributed by atoms with Crippen LogP contribution in [0.4, 0.5) is 0 Å². The summed E-state index contributed by atoms with van der Waals surface area (Å²) in [6, 6.07) is 24.2. The molecule has 0 N–H and O–H groups in total. The largest absolute Gasteiger partial charge is 1.00 e. The van der Waals surface area contributed by atoms with E-state index in [-0.39, 0.29) is 41.1 Å². The van der Waals surface area contributed by atoms with Gasteiger partial charge in [-0.1, -0.05) is 0 Å². The molecule has 1 unspecified atom stereocenters. The number of hydrogen-bond acceptors (Lipinski definition) is 0. The predicted molar refractivity (Wildman–Crippen MR) is 181 cm³/mol. The molecular formula is C41H52Cl2Zr. The van der Waals surface area contributed by atoms with Crippen LogP contribution < -0.4 is 24.8 Å². The molecule has 0 saturated heterocycles. The van der Waals surface area contributed by atoms with Gasteiger partial charge in [0.05, 0.1) is 0 Å². The van der Waals surface area contributed by atoms with E-state index in [0.717, 1.165) is 6.42 Å². The van der Waals surface area contributed by atoms with Gasteiger partial charge in [-0.2, -0.15) is 0 Å². The quantitative estimate of drug-likeness (QED) is 0.340. The predicted octanol–water partition coefficient (Wildman–Crippen LogP) is 5.42. The van der Waals surface area contributed by atoms with Gasteiger partial charge >= 0.3 is 266 Å². The Balaban J connectivity index is 0.00000264. The maximum absolute atomic E-state index is 2.81. The van der Waals surface area contributed by atoms with Crippen LogP contribution in [0.5, 0.6) is 0 Å². The Bertz CT molecular complexity index is 1550. The molecule has 0 heterocycles. The zero-order chi connectivity index (χ0) is 30.8. The minimum atomic E-state index is -2.58. The summed E-state index contributed by atoms with van der Waals surface area (Å²) in [5.41, 5.74) is 15.4. The van der Waals surface area contributed by atoms with E-state index in [1.54, 1.807) is 22.3 Å². The average Bonchev–Trinajstić information content (AvgIpc) is 3.41. The summed E-state index contributed by atoms with van der Waals surface area (Å²) >= 11 is -2.58.